The van der Waals surface area contributed by atoms with Crippen LogP contribution in [0.25, 0.3) is 0 Å². The number of rotatable bonds is 8. The van der Waals surface area contributed by atoms with Crippen molar-refractivity contribution in [3.8, 4) is 11.5 Å². The van der Waals surface area contributed by atoms with Crippen LogP contribution in [0.2, 0.25) is 0 Å². The highest BCUT2D eigenvalue weighted by molar-refractivity contribution is 5.99. The van der Waals surface area contributed by atoms with E-state index in [0.29, 0.717) is 0 Å². The number of nitro benzene ring substituents is 1. The molecular formula is C19H22FN3O5. The molecule has 8 nitrogen and oxygen atoms in total. The van der Waals surface area contributed by atoms with Crippen molar-refractivity contribution < 1.29 is 23.6 Å². The van der Waals surface area contributed by atoms with E-state index in [1.54, 1.807) is 12.1 Å². The lowest BCUT2D eigenvalue weighted by Crippen LogP contribution is -2.34. The van der Waals surface area contributed by atoms with E-state index < -0.39 is 16.5 Å². The van der Waals surface area contributed by atoms with Crippen LogP contribution in [0.15, 0.2) is 36.4 Å². The van der Waals surface area contributed by atoms with Gasteiger partial charge in [0.05, 0.1) is 31.3 Å². The summed E-state index contributed by atoms with van der Waals surface area (Å²) in [5.41, 5.74) is 0.270. The molecule has 0 aromatic heterocycles. The number of hydrogen-bond donors (Lipinski definition) is 1. The Labute approximate surface area is 162 Å². The number of methoxy groups -OCH3 is 2. The number of carbonyl (C=O) groups excluding carboxylic acids is 1. The van der Waals surface area contributed by atoms with Gasteiger partial charge in [0.25, 0.3) is 11.6 Å². The average Bonchev–Trinajstić information content (AvgIpc) is 2.67. The number of nitrogens with zero attached hydrogens (tertiary/aromatic N) is 2. The summed E-state index contributed by atoms with van der Waals surface area (Å²) in [6.07, 6.45) is 0. The summed E-state index contributed by atoms with van der Waals surface area (Å²) >= 11 is 0. The van der Waals surface area contributed by atoms with Crippen LogP contribution in [0.1, 0.15) is 22.0 Å². The first kappa shape index (κ1) is 21.1. The third kappa shape index (κ3) is 4.74. The van der Waals surface area contributed by atoms with E-state index >= 15 is 0 Å². The summed E-state index contributed by atoms with van der Waals surface area (Å²) in [4.78, 5) is 25.2. The van der Waals surface area contributed by atoms with Crippen molar-refractivity contribution >= 4 is 11.6 Å². The number of nitro groups is 1. The molecule has 28 heavy (non-hydrogen) atoms. The van der Waals surface area contributed by atoms with Crippen LogP contribution in [0.5, 0.6) is 11.5 Å². The van der Waals surface area contributed by atoms with Gasteiger partial charge in [0.2, 0.25) is 0 Å². The molecule has 0 aliphatic rings. The van der Waals surface area contributed by atoms with Gasteiger partial charge in [0, 0.05) is 12.6 Å². The Kier molecular flexibility index (Phi) is 6.89. The molecule has 0 saturated heterocycles. The van der Waals surface area contributed by atoms with Gasteiger partial charge in [-0.2, -0.15) is 0 Å². The Balaban J connectivity index is 2.27. The molecule has 0 unspecified atom stereocenters. The zero-order valence-corrected chi connectivity index (χ0v) is 16.1. The maximum Gasteiger partial charge on any atom is 0.286 e. The summed E-state index contributed by atoms with van der Waals surface area (Å²) in [5, 5.41) is 14.1. The number of likely N-dealkylation sites (N-methyl/N-ethyl adjacent to an activating group) is 1. The minimum absolute atomic E-state index is 0.140. The maximum absolute atomic E-state index is 13.2. The number of carbonyl (C=O) groups is 1. The van der Waals surface area contributed by atoms with Crippen LogP contribution in [-0.4, -0.2) is 50.6 Å². The van der Waals surface area contributed by atoms with E-state index in [1.165, 1.54) is 32.4 Å². The number of ether oxygens (including phenoxy) is 2. The zero-order valence-electron chi connectivity index (χ0n) is 16.1. The van der Waals surface area contributed by atoms with Crippen molar-refractivity contribution in [2.45, 2.75) is 6.04 Å². The van der Waals surface area contributed by atoms with Crippen LogP contribution < -0.4 is 14.8 Å². The van der Waals surface area contributed by atoms with Crippen molar-refractivity contribution in [3.05, 3.63) is 63.5 Å². The standard InChI is InChI=1S/C19H22FN3O5/c1-22(2)16(12-5-7-13(20)8-6-12)11-21-19(24)14-9-17(27-3)18(28-4)10-15(14)23(25)26/h5-10,16H,11H2,1-4H3,(H,21,24)/t16-/m1/s1. The zero-order chi connectivity index (χ0) is 20.8. The maximum atomic E-state index is 13.2. The van der Waals surface area contributed by atoms with Crippen molar-refractivity contribution in [3.63, 3.8) is 0 Å². The fourth-order valence-corrected chi connectivity index (χ4v) is 2.77. The van der Waals surface area contributed by atoms with Crippen LogP contribution in [0, 0.1) is 15.9 Å². The fourth-order valence-electron chi connectivity index (χ4n) is 2.77. The Morgan fingerprint density at radius 2 is 1.75 bits per heavy atom. The van der Waals surface area contributed by atoms with Crippen molar-refractivity contribution in [1.82, 2.24) is 10.2 Å². The van der Waals surface area contributed by atoms with E-state index in [2.05, 4.69) is 5.32 Å². The monoisotopic (exact) mass is 391 g/mol. The van der Waals surface area contributed by atoms with Gasteiger partial charge in [-0.1, -0.05) is 12.1 Å². The highest BCUT2D eigenvalue weighted by Crippen LogP contribution is 2.34. The quantitative estimate of drug-likeness (QED) is 0.549. The first-order valence-corrected chi connectivity index (χ1v) is 8.39. The van der Waals surface area contributed by atoms with Gasteiger partial charge in [-0.05, 0) is 31.8 Å². The van der Waals surface area contributed by atoms with Gasteiger partial charge in [-0.15, -0.1) is 0 Å². The second kappa shape index (κ2) is 9.14. The van der Waals surface area contributed by atoms with Crippen molar-refractivity contribution in [2.24, 2.45) is 0 Å². The molecule has 2 rings (SSSR count). The molecule has 2 aromatic carbocycles. The fraction of sp³-hybridized carbons (Fsp3) is 0.316. The minimum Gasteiger partial charge on any atom is -0.493 e. The average molecular weight is 391 g/mol. The molecular weight excluding hydrogens is 369 g/mol. The van der Waals surface area contributed by atoms with Gasteiger partial charge >= 0.3 is 0 Å². The predicted molar refractivity (Wildman–Crippen MR) is 101 cm³/mol. The Morgan fingerprint density at radius 1 is 1.18 bits per heavy atom. The highest BCUT2D eigenvalue weighted by atomic mass is 19.1. The second-order valence-electron chi connectivity index (χ2n) is 6.22. The normalized spacial score (nSPS) is 11.8. The molecule has 1 atom stereocenters. The molecule has 0 spiro atoms. The van der Waals surface area contributed by atoms with Gasteiger partial charge in [-0.25, -0.2) is 4.39 Å². The molecule has 0 aliphatic heterocycles. The lowest BCUT2D eigenvalue weighted by molar-refractivity contribution is -0.385. The van der Waals surface area contributed by atoms with Gasteiger partial charge in [0.1, 0.15) is 11.4 Å². The smallest absolute Gasteiger partial charge is 0.286 e. The molecule has 0 radical (unpaired) electrons. The molecule has 150 valence electrons. The lowest BCUT2D eigenvalue weighted by Gasteiger charge is -2.25. The van der Waals surface area contributed by atoms with Gasteiger partial charge < -0.3 is 19.7 Å². The number of hydrogen-bond acceptors (Lipinski definition) is 6. The number of amides is 1. The first-order chi connectivity index (χ1) is 13.3. The topological polar surface area (TPSA) is 93.9 Å². The number of benzene rings is 2. The van der Waals surface area contributed by atoms with Crippen LogP contribution >= 0.6 is 0 Å². The second-order valence-corrected chi connectivity index (χ2v) is 6.22. The third-order valence-electron chi connectivity index (χ3n) is 4.28. The SMILES string of the molecule is COc1cc(C(=O)NC[C@H](c2ccc(F)cc2)N(C)C)c([N+](=O)[O-])cc1OC. The van der Waals surface area contributed by atoms with E-state index in [1.807, 2.05) is 19.0 Å². The Morgan fingerprint density at radius 3 is 2.25 bits per heavy atom. The molecule has 0 fully saturated rings. The third-order valence-corrected chi connectivity index (χ3v) is 4.28. The van der Waals surface area contributed by atoms with E-state index in [4.69, 9.17) is 9.47 Å². The molecule has 0 aliphatic carbocycles. The van der Waals surface area contributed by atoms with E-state index in [0.717, 1.165) is 11.6 Å². The van der Waals surface area contributed by atoms with E-state index in [9.17, 15) is 19.3 Å². The first-order valence-electron chi connectivity index (χ1n) is 8.39. The molecule has 0 heterocycles. The van der Waals surface area contributed by atoms with Crippen LogP contribution in [0.3, 0.4) is 0 Å². The van der Waals surface area contributed by atoms with Crippen molar-refractivity contribution in [2.75, 3.05) is 34.9 Å². The molecule has 0 saturated carbocycles. The van der Waals surface area contributed by atoms with E-state index in [-0.39, 0.29) is 35.5 Å². The van der Waals surface area contributed by atoms with Gasteiger partial charge in [0.15, 0.2) is 11.5 Å². The summed E-state index contributed by atoms with van der Waals surface area (Å²) in [7, 11) is 6.37. The summed E-state index contributed by atoms with van der Waals surface area (Å²) in [5.74, 6) is -0.614. The van der Waals surface area contributed by atoms with Gasteiger partial charge in [-0.3, -0.25) is 14.9 Å². The molecule has 1 amide bonds. The highest BCUT2D eigenvalue weighted by Gasteiger charge is 2.25. The summed E-state index contributed by atoms with van der Waals surface area (Å²) in [6, 6.07) is 8.12. The number of nitrogens with one attached hydrogen (secondary N) is 1. The Bertz CT molecular complexity index is 855. The van der Waals surface area contributed by atoms with Crippen LogP contribution in [0.4, 0.5) is 10.1 Å². The summed E-state index contributed by atoms with van der Waals surface area (Å²) in [6.45, 7) is 0.170. The summed E-state index contributed by atoms with van der Waals surface area (Å²) < 4.78 is 23.4. The number of halogens is 1. The minimum atomic E-state index is -0.653. The van der Waals surface area contributed by atoms with Crippen LogP contribution in [-0.2, 0) is 0 Å². The Hall–Kier alpha value is -3.20. The molecule has 2 aromatic rings. The molecule has 9 heteroatoms. The largest absolute Gasteiger partial charge is 0.493 e. The molecule has 1 N–H and O–H groups in total. The van der Waals surface area contributed by atoms with Crippen molar-refractivity contribution in [1.29, 1.82) is 0 Å². The predicted octanol–water partition coefficient (Wildman–Crippen LogP) is 2.78. The molecule has 0 bridgehead atoms. The lowest BCUT2D eigenvalue weighted by atomic mass is 10.1.